The number of halogens is 2. The molecule has 0 N–H and O–H groups in total. The average molecular weight is 698 g/mol. The molecule has 1 unspecified atom stereocenters. The molecule has 0 fully saturated rings. The van der Waals surface area contributed by atoms with Gasteiger partial charge in [-0.2, -0.15) is 0 Å². The van der Waals surface area contributed by atoms with Crippen LogP contribution >= 0.6 is 43.2 Å². The van der Waals surface area contributed by atoms with E-state index in [2.05, 4.69) is 38.4 Å². The summed E-state index contributed by atoms with van der Waals surface area (Å²) in [4.78, 5) is 32.7. The van der Waals surface area contributed by atoms with Gasteiger partial charge in [0.15, 0.2) is 4.80 Å². The molecule has 0 spiro atoms. The Balaban J connectivity index is 1.77. The topological polar surface area (TPSA) is 79.1 Å². The van der Waals surface area contributed by atoms with Crippen molar-refractivity contribution in [2.75, 3.05) is 20.3 Å². The first-order chi connectivity index (χ1) is 19.8. The minimum absolute atomic E-state index is 0.190. The SMILES string of the molecule is C=CCOc1c(Br)cc(C=c2sc3n(c2=O)C(c2c(OC)ccc4ccccc24)C(C(=O)OCC)=C(C)N=3)cc1Br. The van der Waals surface area contributed by atoms with Gasteiger partial charge in [-0.15, -0.1) is 0 Å². The zero-order valence-corrected chi connectivity index (χ0v) is 26.6. The van der Waals surface area contributed by atoms with E-state index in [0.717, 1.165) is 25.3 Å². The van der Waals surface area contributed by atoms with Crippen LogP contribution in [0.25, 0.3) is 16.8 Å². The summed E-state index contributed by atoms with van der Waals surface area (Å²) in [5.74, 6) is 0.676. The first-order valence-corrected chi connectivity index (χ1v) is 15.2. The van der Waals surface area contributed by atoms with Crippen molar-refractivity contribution >= 4 is 66.0 Å². The highest BCUT2D eigenvalue weighted by molar-refractivity contribution is 9.11. The van der Waals surface area contributed by atoms with Gasteiger partial charge in [0.05, 0.1) is 38.5 Å². The van der Waals surface area contributed by atoms with Crippen LogP contribution in [0.3, 0.4) is 0 Å². The van der Waals surface area contributed by atoms with Crippen LogP contribution in [0.2, 0.25) is 0 Å². The Morgan fingerprint density at radius 3 is 2.59 bits per heavy atom. The molecular weight excluding hydrogens is 672 g/mol. The smallest absolute Gasteiger partial charge is 0.338 e. The van der Waals surface area contributed by atoms with E-state index in [1.54, 1.807) is 37.7 Å². The Kier molecular flexibility index (Phi) is 8.63. The lowest BCUT2D eigenvalue weighted by atomic mass is 9.90. The quantitative estimate of drug-likeness (QED) is 0.166. The maximum absolute atomic E-state index is 14.2. The van der Waals surface area contributed by atoms with Crippen LogP contribution in [0.5, 0.6) is 11.5 Å². The van der Waals surface area contributed by atoms with Crippen molar-refractivity contribution in [3.05, 3.63) is 112 Å². The highest BCUT2D eigenvalue weighted by Gasteiger charge is 2.36. The minimum atomic E-state index is -0.804. The number of esters is 1. The second-order valence-electron chi connectivity index (χ2n) is 9.12. The van der Waals surface area contributed by atoms with E-state index in [9.17, 15) is 9.59 Å². The van der Waals surface area contributed by atoms with Crippen molar-refractivity contribution in [2.24, 2.45) is 4.99 Å². The van der Waals surface area contributed by atoms with Gasteiger partial charge in [0.2, 0.25) is 0 Å². The molecule has 10 heteroatoms. The Hall–Kier alpha value is -3.47. The molecule has 2 heterocycles. The number of allylic oxidation sites excluding steroid dienone is 1. The molecule has 0 saturated carbocycles. The predicted molar refractivity (Wildman–Crippen MR) is 168 cm³/mol. The summed E-state index contributed by atoms with van der Waals surface area (Å²) < 4.78 is 20.5. The Labute approximate surface area is 257 Å². The molecule has 1 aromatic heterocycles. The summed E-state index contributed by atoms with van der Waals surface area (Å²) in [5.41, 5.74) is 1.99. The molecule has 3 aromatic carbocycles. The molecule has 0 aliphatic carbocycles. The van der Waals surface area contributed by atoms with Crippen LogP contribution in [-0.2, 0) is 9.53 Å². The van der Waals surface area contributed by atoms with E-state index in [-0.39, 0.29) is 12.2 Å². The first-order valence-electron chi connectivity index (χ1n) is 12.8. The van der Waals surface area contributed by atoms with Crippen molar-refractivity contribution in [3.63, 3.8) is 0 Å². The molecule has 41 heavy (non-hydrogen) atoms. The second kappa shape index (κ2) is 12.2. The van der Waals surface area contributed by atoms with Gasteiger partial charge < -0.3 is 14.2 Å². The van der Waals surface area contributed by atoms with Crippen molar-refractivity contribution in [3.8, 4) is 11.5 Å². The van der Waals surface area contributed by atoms with Crippen LogP contribution in [0.15, 0.2) is 91.2 Å². The van der Waals surface area contributed by atoms with Gasteiger partial charge >= 0.3 is 5.97 Å². The zero-order chi connectivity index (χ0) is 29.3. The Bertz CT molecular complexity index is 1880. The van der Waals surface area contributed by atoms with E-state index in [1.165, 1.54) is 11.3 Å². The number of carbonyl (C=O) groups is 1. The number of benzene rings is 3. The molecule has 0 bridgehead atoms. The summed E-state index contributed by atoms with van der Waals surface area (Å²) in [5, 5.41) is 1.82. The van der Waals surface area contributed by atoms with Gasteiger partial charge in [0.1, 0.15) is 24.1 Å². The standard InChI is InChI=1S/C31H26Br2N2O5S/c1-5-13-40-28-21(32)14-18(15-22(28)33)16-24-29(36)35-27(25(30(37)39-6-2)17(3)34-31(35)41-24)26-20-10-8-7-9-19(20)11-12-23(26)38-4/h5,7-12,14-16,27H,1,6,13H2,2-4H3. The van der Waals surface area contributed by atoms with E-state index < -0.39 is 12.0 Å². The van der Waals surface area contributed by atoms with Gasteiger partial charge in [-0.3, -0.25) is 9.36 Å². The van der Waals surface area contributed by atoms with Crippen LogP contribution < -0.4 is 24.4 Å². The molecule has 0 amide bonds. The monoisotopic (exact) mass is 696 g/mol. The molecule has 0 radical (unpaired) electrons. The lowest BCUT2D eigenvalue weighted by Crippen LogP contribution is -2.40. The van der Waals surface area contributed by atoms with Crippen LogP contribution in [0, 0.1) is 0 Å². The lowest BCUT2D eigenvalue weighted by molar-refractivity contribution is -0.139. The minimum Gasteiger partial charge on any atom is -0.496 e. The predicted octanol–water partition coefficient (Wildman–Crippen LogP) is 6.05. The number of nitrogens with zero attached hydrogens (tertiary/aromatic N) is 2. The Morgan fingerprint density at radius 2 is 1.90 bits per heavy atom. The third-order valence-electron chi connectivity index (χ3n) is 6.60. The molecule has 210 valence electrons. The highest BCUT2D eigenvalue weighted by Crippen LogP contribution is 2.40. The molecule has 7 nitrogen and oxygen atoms in total. The summed E-state index contributed by atoms with van der Waals surface area (Å²) in [6, 6.07) is 14.6. The summed E-state index contributed by atoms with van der Waals surface area (Å²) in [6.45, 7) is 7.76. The van der Waals surface area contributed by atoms with E-state index in [0.29, 0.717) is 44.3 Å². The summed E-state index contributed by atoms with van der Waals surface area (Å²) in [7, 11) is 1.58. The fourth-order valence-corrected chi connectivity index (χ4v) is 7.39. The molecule has 1 aliphatic heterocycles. The largest absolute Gasteiger partial charge is 0.496 e. The van der Waals surface area contributed by atoms with Gasteiger partial charge in [-0.25, -0.2) is 9.79 Å². The van der Waals surface area contributed by atoms with Crippen molar-refractivity contribution in [2.45, 2.75) is 19.9 Å². The fraction of sp³-hybridized carbons (Fsp3) is 0.194. The number of hydrogen-bond donors (Lipinski definition) is 0. The number of methoxy groups -OCH3 is 1. The van der Waals surface area contributed by atoms with Crippen molar-refractivity contribution in [1.29, 1.82) is 0 Å². The number of hydrogen-bond acceptors (Lipinski definition) is 7. The maximum atomic E-state index is 14.2. The van der Waals surface area contributed by atoms with Crippen LogP contribution in [-0.4, -0.2) is 30.9 Å². The third kappa shape index (κ3) is 5.43. The molecular formula is C31H26Br2N2O5S. The molecule has 1 aliphatic rings. The number of thiazole rings is 1. The number of aromatic nitrogens is 1. The normalized spacial score (nSPS) is 15.0. The number of carbonyl (C=O) groups excluding carboxylic acids is 1. The van der Waals surface area contributed by atoms with Gasteiger partial charge in [-0.1, -0.05) is 54.3 Å². The maximum Gasteiger partial charge on any atom is 0.338 e. The van der Waals surface area contributed by atoms with Gasteiger partial charge in [0, 0.05) is 5.56 Å². The van der Waals surface area contributed by atoms with Crippen LogP contribution in [0.4, 0.5) is 0 Å². The van der Waals surface area contributed by atoms with E-state index in [4.69, 9.17) is 19.2 Å². The third-order valence-corrected chi connectivity index (χ3v) is 8.77. The Morgan fingerprint density at radius 1 is 1.17 bits per heavy atom. The first kappa shape index (κ1) is 29.0. The lowest BCUT2D eigenvalue weighted by Gasteiger charge is -2.27. The van der Waals surface area contributed by atoms with Crippen LogP contribution in [0.1, 0.15) is 31.0 Å². The highest BCUT2D eigenvalue weighted by atomic mass is 79.9. The summed E-state index contributed by atoms with van der Waals surface area (Å²) in [6.07, 6.45) is 3.47. The molecule has 4 aromatic rings. The zero-order valence-electron chi connectivity index (χ0n) is 22.6. The number of ether oxygens (including phenoxy) is 3. The van der Waals surface area contributed by atoms with E-state index in [1.807, 2.05) is 48.5 Å². The summed E-state index contributed by atoms with van der Waals surface area (Å²) >= 11 is 8.39. The van der Waals surface area contributed by atoms with Crippen molar-refractivity contribution < 1.29 is 19.0 Å². The number of rotatable bonds is 8. The van der Waals surface area contributed by atoms with Gasteiger partial charge in [0.25, 0.3) is 5.56 Å². The fourth-order valence-electron chi connectivity index (χ4n) is 4.89. The molecule has 0 saturated heterocycles. The van der Waals surface area contributed by atoms with Gasteiger partial charge in [-0.05, 0) is 86.3 Å². The van der Waals surface area contributed by atoms with E-state index >= 15 is 0 Å². The second-order valence-corrected chi connectivity index (χ2v) is 11.8. The average Bonchev–Trinajstić information content (AvgIpc) is 3.25. The molecule has 1 atom stereocenters. The number of fused-ring (bicyclic) bond motifs is 2. The van der Waals surface area contributed by atoms with Crippen molar-refractivity contribution in [1.82, 2.24) is 4.57 Å². The molecule has 5 rings (SSSR count).